The highest BCUT2D eigenvalue weighted by Gasteiger charge is 2.05. The molecule has 2 rings (SSSR count). The van der Waals surface area contributed by atoms with Crippen molar-refractivity contribution in [2.24, 2.45) is 0 Å². The molecule has 0 unspecified atom stereocenters. The summed E-state index contributed by atoms with van der Waals surface area (Å²) in [7, 11) is 0. The molecule has 0 saturated heterocycles. The van der Waals surface area contributed by atoms with E-state index in [0.29, 0.717) is 24.4 Å². The normalized spacial score (nSPS) is 10.8. The molecule has 0 aliphatic carbocycles. The van der Waals surface area contributed by atoms with E-state index < -0.39 is 11.6 Å². The molecular formula is C16H17F2NO. The van der Waals surface area contributed by atoms with E-state index in [1.165, 1.54) is 12.1 Å². The summed E-state index contributed by atoms with van der Waals surface area (Å²) >= 11 is 0. The van der Waals surface area contributed by atoms with Gasteiger partial charge in [-0.15, -0.1) is 0 Å². The lowest BCUT2D eigenvalue weighted by Gasteiger charge is -2.10. The van der Waals surface area contributed by atoms with Crippen LogP contribution < -0.4 is 5.32 Å². The third-order valence-electron chi connectivity index (χ3n) is 3.21. The highest BCUT2D eigenvalue weighted by atomic mass is 19.1. The maximum Gasteiger partial charge on any atom is 0.130 e. The lowest BCUT2D eigenvalue weighted by molar-refractivity contribution is 0.466. The Bertz CT molecular complexity index is 603. The Morgan fingerprint density at radius 1 is 1.00 bits per heavy atom. The van der Waals surface area contributed by atoms with Crippen LogP contribution in [0.25, 0.3) is 0 Å². The number of phenols is 1. The third kappa shape index (κ3) is 3.33. The lowest BCUT2D eigenvalue weighted by Crippen LogP contribution is -2.14. The van der Waals surface area contributed by atoms with Gasteiger partial charge in [0.05, 0.1) is 0 Å². The molecule has 0 heterocycles. The Labute approximate surface area is 117 Å². The van der Waals surface area contributed by atoms with Gasteiger partial charge in [0.25, 0.3) is 0 Å². The monoisotopic (exact) mass is 277 g/mol. The fourth-order valence-corrected chi connectivity index (χ4v) is 2.15. The molecular weight excluding hydrogens is 260 g/mol. The van der Waals surface area contributed by atoms with Gasteiger partial charge in [0.15, 0.2) is 0 Å². The van der Waals surface area contributed by atoms with Crippen molar-refractivity contribution in [3.63, 3.8) is 0 Å². The number of nitrogens with one attached hydrogen (secondary N) is 1. The second-order valence-corrected chi connectivity index (χ2v) is 4.92. The summed E-state index contributed by atoms with van der Waals surface area (Å²) in [5.41, 5.74) is 3.07. The fraction of sp³-hybridized carbons (Fsp3) is 0.250. The van der Waals surface area contributed by atoms with E-state index in [4.69, 9.17) is 0 Å². The first-order valence-corrected chi connectivity index (χ1v) is 6.41. The number of rotatable bonds is 4. The van der Waals surface area contributed by atoms with E-state index in [0.717, 1.165) is 22.8 Å². The second kappa shape index (κ2) is 6.01. The molecule has 0 fully saturated rings. The molecule has 4 heteroatoms. The Hall–Kier alpha value is -1.94. The van der Waals surface area contributed by atoms with Gasteiger partial charge in [0.2, 0.25) is 0 Å². The van der Waals surface area contributed by atoms with Gasteiger partial charge in [0, 0.05) is 24.7 Å². The van der Waals surface area contributed by atoms with Crippen molar-refractivity contribution < 1.29 is 13.9 Å². The van der Waals surface area contributed by atoms with Crippen LogP contribution in [0.4, 0.5) is 8.78 Å². The SMILES string of the molecule is Cc1cc(CNCc2ccc(F)cc2F)cc(C)c1O. The second-order valence-electron chi connectivity index (χ2n) is 4.92. The van der Waals surface area contributed by atoms with Gasteiger partial charge >= 0.3 is 0 Å². The predicted octanol–water partition coefficient (Wildman–Crippen LogP) is 3.58. The minimum Gasteiger partial charge on any atom is -0.507 e. The van der Waals surface area contributed by atoms with Crippen molar-refractivity contribution in [1.82, 2.24) is 5.32 Å². The van der Waals surface area contributed by atoms with Crippen LogP contribution >= 0.6 is 0 Å². The summed E-state index contributed by atoms with van der Waals surface area (Å²) in [5.74, 6) is -0.815. The summed E-state index contributed by atoms with van der Waals surface area (Å²) in [5, 5.41) is 12.8. The molecule has 0 amide bonds. The summed E-state index contributed by atoms with van der Waals surface area (Å²) < 4.78 is 26.2. The fourth-order valence-electron chi connectivity index (χ4n) is 2.15. The summed E-state index contributed by atoms with van der Waals surface area (Å²) in [6.45, 7) is 4.56. The van der Waals surface area contributed by atoms with Crippen molar-refractivity contribution in [3.8, 4) is 5.75 Å². The topological polar surface area (TPSA) is 32.3 Å². The van der Waals surface area contributed by atoms with Crippen molar-refractivity contribution in [2.75, 3.05) is 0 Å². The van der Waals surface area contributed by atoms with Crippen molar-refractivity contribution in [1.29, 1.82) is 0 Å². The van der Waals surface area contributed by atoms with Gasteiger partial charge in [-0.25, -0.2) is 8.78 Å². The molecule has 2 N–H and O–H groups in total. The average molecular weight is 277 g/mol. The quantitative estimate of drug-likeness (QED) is 0.895. The van der Waals surface area contributed by atoms with Gasteiger partial charge < -0.3 is 10.4 Å². The van der Waals surface area contributed by atoms with Gasteiger partial charge in [0.1, 0.15) is 17.4 Å². The molecule has 2 aromatic carbocycles. The van der Waals surface area contributed by atoms with E-state index >= 15 is 0 Å². The van der Waals surface area contributed by atoms with E-state index in [2.05, 4.69) is 5.32 Å². The standard InChI is InChI=1S/C16H17F2NO/c1-10-5-12(6-11(2)16(10)20)8-19-9-13-3-4-14(17)7-15(13)18/h3-7,19-20H,8-9H2,1-2H3. The predicted molar refractivity (Wildman–Crippen MR) is 74.5 cm³/mol. The molecule has 0 aliphatic rings. The first-order chi connectivity index (χ1) is 9.47. The minimum atomic E-state index is -0.573. The molecule has 0 aliphatic heterocycles. The smallest absolute Gasteiger partial charge is 0.130 e. The summed E-state index contributed by atoms with van der Waals surface area (Å²) in [4.78, 5) is 0. The van der Waals surface area contributed by atoms with E-state index in [9.17, 15) is 13.9 Å². The zero-order chi connectivity index (χ0) is 14.7. The molecule has 0 bridgehead atoms. The van der Waals surface area contributed by atoms with E-state index in [1.54, 1.807) is 0 Å². The van der Waals surface area contributed by atoms with Gasteiger partial charge in [-0.05, 0) is 36.6 Å². The van der Waals surface area contributed by atoms with Gasteiger partial charge in [-0.2, -0.15) is 0 Å². The molecule has 106 valence electrons. The summed E-state index contributed by atoms with van der Waals surface area (Å²) in [6.07, 6.45) is 0. The van der Waals surface area contributed by atoms with Crippen LogP contribution in [-0.2, 0) is 13.1 Å². The number of hydrogen-bond acceptors (Lipinski definition) is 2. The first kappa shape index (κ1) is 14.5. The first-order valence-electron chi connectivity index (χ1n) is 6.41. The van der Waals surface area contributed by atoms with Crippen LogP contribution in [0.15, 0.2) is 30.3 Å². The number of aryl methyl sites for hydroxylation is 2. The van der Waals surface area contributed by atoms with Crippen LogP contribution in [0.5, 0.6) is 5.75 Å². The molecule has 20 heavy (non-hydrogen) atoms. The van der Waals surface area contributed by atoms with Crippen LogP contribution in [-0.4, -0.2) is 5.11 Å². The van der Waals surface area contributed by atoms with Crippen LogP contribution in [0.3, 0.4) is 0 Å². The van der Waals surface area contributed by atoms with Crippen molar-refractivity contribution in [2.45, 2.75) is 26.9 Å². The van der Waals surface area contributed by atoms with Gasteiger partial charge in [-0.1, -0.05) is 18.2 Å². The summed E-state index contributed by atoms with van der Waals surface area (Å²) in [6, 6.07) is 7.33. The van der Waals surface area contributed by atoms with Crippen molar-refractivity contribution >= 4 is 0 Å². The highest BCUT2D eigenvalue weighted by Crippen LogP contribution is 2.22. The zero-order valence-electron chi connectivity index (χ0n) is 11.5. The van der Waals surface area contributed by atoms with Gasteiger partial charge in [-0.3, -0.25) is 0 Å². The van der Waals surface area contributed by atoms with Crippen LogP contribution in [0, 0.1) is 25.5 Å². The number of halogens is 2. The number of benzene rings is 2. The molecule has 2 aromatic rings. The largest absolute Gasteiger partial charge is 0.507 e. The molecule has 0 spiro atoms. The van der Waals surface area contributed by atoms with E-state index in [-0.39, 0.29) is 0 Å². The number of aromatic hydroxyl groups is 1. The zero-order valence-corrected chi connectivity index (χ0v) is 11.5. The molecule has 2 nitrogen and oxygen atoms in total. The number of phenolic OH excluding ortho intramolecular Hbond substituents is 1. The van der Waals surface area contributed by atoms with Crippen molar-refractivity contribution in [3.05, 3.63) is 64.2 Å². The minimum absolute atomic E-state index is 0.304. The maximum atomic E-state index is 13.4. The number of hydrogen-bond donors (Lipinski definition) is 2. The Kier molecular flexibility index (Phi) is 4.35. The highest BCUT2D eigenvalue weighted by molar-refractivity contribution is 5.42. The molecule has 0 atom stereocenters. The Morgan fingerprint density at radius 3 is 2.25 bits per heavy atom. The van der Waals surface area contributed by atoms with Crippen LogP contribution in [0.1, 0.15) is 22.3 Å². The maximum absolute atomic E-state index is 13.4. The van der Waals surface area contributed by atoms with Crippen LogP contribution in [0.2, 0.25) is 0 Å². The Morgan fingerprint density at radius 2 is 1.65 bits per heavy atom. The molecule has 0 radical (unpaired) electrons. The average Bonchev–Trinajstić information content (AvgIpc) is 2.38. The Balaban J connectivity index is 1.99. The third-order valence-corrected chi connectivity index (χ3v) is 3.21. The molecule has 0 saturated carbocycles. The van der Waals surface area contributed by atoms with E-state index in [1.807, 2.05) is 26.0 Å². The lowest BCUT2D eigenvalue weighted by atomic mass is 10.1. The molecule has 0 aromatic heterocycles.